The van der Waals surface area contributed by atoms with Crippen LogP contribution in [-0.4, -0.2) is 34.6 Å². The third-order valence-electron chi connectivity index (χ3n) is 3.62. The Morgan fingerprint density at radius 2 is 2.26 bits per heavy atom. The molecule has 0 amide bonds. The van der Waals surface area contributed by atoms with Crippen molar-refractivity contribution in [2.24, 2.45) is 5.41 Å². The number of rotatable bonds is 3. The van der Waals surface area contributed by atoms with E-state index in [1.807, 2.05) is 19.9 Å². The molecule has 2 unspecified atom stereocenters. The molecule has 0 spiro atoms. The van der Waals surface area contributed by atoms with E-state index in [-0.39, 0.29) is 24.0 Å². The number of imidazole rings is 1. The number of hydrogen-bond acceptors (Lipinski definition) is 5. The van der Waals surface area contributed by atoms with Crippen molar-refractivity contribution in [1.29, 1.82) is 5.26 Å². The minimum Gasteiger partial charge on any atom is -0.385 e. The SMILES string of the molecule is CC(C)n1cncc1C(O)C1(C#N)CCS(=O)(=O)C1. The van der Waals surface area contributed by atoms with Crippen LogP contribution < -0.4 is 0 Å². The van der Waals surface area contributed by atoms with Crippen LogP contribution >= 0.6 is 0 Å². The molecule has 1 aliphatic heterocycles. The third kappa shape index (κ3) is 2.38. The number of aromatic nitrogens is 2. The average molecular weight is 283 g/mol. The Morgan fingerprint density at radius 3 is 2.74 bits per heavy atom. The first-order chi connectivity index (χ1) is 8.81. The van der Waals surface area contributed by atoms with Gasteiger partial charge in [0.05, 0.1) is 35.8 Å². The molecule has 2 atom stereocenters. The van der Waals surface area contributed by atoms with Gasteiger partial charge in [0.25, 0.3) is 0 Å². The molecule has 2 heterocycles. The van der Waals surface area contributed by atoms with Crippen molar-refractivity contribution in [2.75, 3.05) is 11.5 Å². The second kappa shape index (κ2) is 4.62. The highest BCUT2D eigenvalue weighted by atomic mass is 32.2. The van der Waals surface area contributed by atoms with Crippen LogP contribution in [-0.2, 0) is 9.84 Å². The van der Waals surface area contributed by atoms with E-state index in [9.17, 15) is 18.8 Å². The van der Waals surface area contributed by atoms with Crippen molar-refractivity contribution in [3.8, 4) is 6.07 Å². The van der Waals surface area contributed by atoms with Crippen molar-refractivity contribution in [1.82, 2.24) is 9.55 Å². The highest BCUT2D eigenvalue weighted by Gasteiger charge is 2.49. The molecule has 0 saturated carbocycles. The molecule has 1 aliphatic rings. The van der Waals surface area contributed by atoms with Crippen molar-refractivity contribution >= 4 is 9.84 Å². The Hall–Kier alpha value is -1.39. The minimum absolute atomic E-state index is 0.0482. The molecule has 1 saturated heterocycles. The molecular formula is C12H17N3O3S. The summed E-state index contributed by atoms with van der Waals surface area (Å²) in [4.78, 5) is 3.98. The van der Waals surface area contributed by atoms with Crippen molar-refractivity contribution in [2.45, 2.75) is 32.4 Å². The zero-order valence-corrected chi connectivity index (χ0v) is 11.8. The van der Waals surface area contributed by atoms with Gasteiger partial charge in [-0.2, -0.15) is 5.26 Å². The predicted octanol–water partition coefficient (Wildman–Crippen LogP) is 0.826. The first-order valence-corrected chi connectivity index (χ1v) is 7.95. The summed E-state index contributed by atoms with van der Waals surface area (Å²) in [5.74, 6) is -0.339. The summed E-state index contributed by atoms with van der Waals surface area (Å²) in [6, 6.07) is 2.10. The third-order valence-corrected chi connectivity index (χ3v) is 5.40. The predicted molar refractivity (Wildman–Crippen MR) is 68.9 cm³/mol. The van der Waals surface area contributed by atoms with Crippen molar-refractivity contribution < 1.29 is 13.5 Å². The number of nitriles is 1. The lowest BCUT2D eigenvalue weighted by molar-refractivity contribution is 0.0710. The van der Waals surface area contributed by atoms with Crippen LogP contribution in [0.25, 0.3) is 0 Å². The molecule has 19 heavy (non-hydrogen) atoms. The standard InChI is InChI=1S/C12H17N3O3S/c1-9(2)15-8-14-5-10(15)11(16)12(6-13)3-4-19(17,18)7-12/h5,8-9,11,16H,3-4,7H2,1-2H3. The summed E-state index contributed by atoms with van der Waals surface area (Å²) in [7, 11) is -3.25. The second-order valence-corrected chi connectivity index (χ2v) is 7.52. The molecule has 1 aromatic heterocycles. The van der Waals surface area contributed by atoms with Crippen LogP contribution in [0.4, 0.5) is 0 Å². The van der Waals surface area contributed by atoms with Crippen molar-refractivity contribution in [3.63, 3.8) is 0 Å². The zero-order valence-electron chi connectivity index (χ0n) is 10.9. The van der Waals surface area contributed by atoms with Crippen molar-refractivity contribution in [3.05, 3.63) is 18.2 Å². The van der Waals surface area contributed by atoms with Gasteiger partial charge in [-0.3, -0.25) is 0 Å². The van der Waals surface area contributed by atoms with Gasteiger partial charge in [0.15, 0.2) is 9.84 Å². The minimum atomic E-state index is -3.25. The van der Waals surface area contributed by atoms with Gasteiger partial charge in [0, 0.05) is 6.04 Å². The van der Waals surface area contributed by atoms with Gasteiger partial charge in [0.2, 0.25) is 0 Å². The summed E-state index contributed by atoms with van der Waals surface area (Å²) in [5.41, 5.74) is -0.764. The quantitative estimate of drug-likeness (QED) is 0.886. The van der Waals surface area contributed by atoms with E-state index in [1.165, 1.54) is 6.20 Å². The summed E-state index contributed by atoms with van der Waals surface area (Å²) in [5, 5.41) is 19.8. The Morgan fingerprint density at radius 1 is 1.58 bits per heavy atom. The van der Waals surface area contributed by atoms with E-state index in [0.717, 1.165) is 0 Å². The van der Waals surface area contributed by atoms with E-state index in [1.54, 1.807) is 10.9 Å². The van der Waals surface area contributed by atoms with Gasteiger partial charge in [-0.15, -0.1) is 0 Å². The van der Waals surface area contributed by atoms with Crippen LogP contribution in [0, 0.1) is 16.7 Å². The highest BCUT2D eigenvalue weighted by molar-refractivity contribution is 7.91. The van der Waals surface area contributed by atoms with E-state index < -0.39 is 21.4 Å². The van der Waals surface area contributed by atoms with Crippen LogP contribution in [0.5, 0.6) is 0 Å². The van der Waals surface area contributed by atoms with E-state index in [0.29, 0.717) is 5.69 Å². The fraction of sp³-hybridized carbons (Fsp3) is 0.667. The van der Waals surface area contributed by atoms with E-state index >= 15 is 0 Å². The van der Waals surface area contributed by atoms with Gasteiger partial charge in [-0.1, -0.05) is 0 Å². The Labute approximate surface area is 112 Å². The van der Waals surface area contributed by atoms with Crippen LogP contribution in [0.2, 0.25) is 0 Å². The maximum Gasteiger partial charge on any atom is 0.152 e. The lowest BCUT2D eigenvalue weighted by atomic mass is 9.81. The largest absolute Gasteiger partial charge is 0.385 e. The molecule has 0 radical (unpaired) electrons. The normalized spacial score (nSPS) is 27.3. The smallest absolute Gasteiger partial charge is 0.152 e. The van der Waals surface area contributed by atoms with Gasteiger partial charge >= 0.3 is 0 Å². The molecule has 2 rings (SSSR count). The Bertz CT molecular complexity index is 614. The number of sulfone groups is 1. The monoisotopic (exact) mass is 283 g/mol. The lowest BCUT2D eigenvalue weighted by Gasteiger charge is -2.27. The Balaban J connectivity index is 2.41. The average Bonchev–Trinajstić information content (AvgIpc) is 2.93. The fourth-order valence-corrected chi connectivity index (χ4v) is 4.45. The second-order valence-electron chi connectivity index (χ2n) is 5.33. The topological polar surface area (TPSA) is 96.0 Å². The summed E-state index contributed by atoms with van der Waals surface area (Å²) < 4.78 is 25.0. The molecule has 6 nitrogen and oxygen atoms in total. The first-order valence-electron chi connectivity index (χ1n) is 6.13. The number of hydrogen-bond donors (Lipinski definition) is 1. The van der Waals surface area contributed by atoms with Crippen LogP contribution in [0.15, 0.2) is 12.5 Å². The molecule has 1 fully saturated rings. The van der Waals surface area contributed by atoms with Gasteiger partial charge in [-0.05, 0) is 20.3 Å². The Kier molecular flexibility index (Phi) is 3.41. The fourth-order valence-electron chi connectivity index (χ4n) is 2.48. The zero-order chi connectivity index (χ0) is 14.3. The number of nitrogens with zero attached hydrogens (tertiary/aromatic N) is 3. The van der Waals surface area contributed by atoms with Gasteiger partial charge < -0.3 is 9.67 Å². The maximum atomic E-state index is 11.6. The summed E-state index contributed by atoms with van der Waals surface area (Å²) in [6.07, 6.45) is 2.10. The number of aliphatic hydroxyl groups is 1. The summed E-state index contributed by atoms with van der Waals surface area (Å²) >= 11 is 0. The van der Waals surface area contributed by atoms with Crippen LogP contribution in [0.3, 0.4) is 0 Å². The summed E-state index contributed by atoms with van der Waals surface area (Å²) in [6.45, 7) is 3.87. The number of aliphatic hydroxyl groups excluding tert-OH is 1. The maximum absolute atomic E-state index is 11.6. The van der Waals surface area contributed by atoms with Gasteiger partial charge in [0.1, 0.15) is 11.5 Å². The molecule has 7 heteroatoms. The molecule has 0 aromatic carbocycles. The van der Waals surface area contributed by atoms with E-state index in [4.69, 9.17) is 0 Å². The first kappa shape index (κ1) is 14.0. The lowest BCUT2D eigenvalue weighted by Crippen LogP contribution is -2.30. The van der Waals surface area contributed by atoms with E-state index in [2.05, 4.69) is 4.98 Å². The molecule has 104 valence electrons. The molecule has 0 bridgehead atoms. The van der Waals surface area contributed by atoms with Crippen LogP contribution in [0.1, 0.15) is 38.1 Å². The highest BCUT2D eigenvalue weighted by Crippen LogP contribution is 2.43. The molecule has 1 aromatic rings. The van der Waals surface area contributed by atoms with Gasteiger partial charge in [-0.25, -0.2) is 13.4 Å². The molecule has 1 N–H and O–H groups in total. The molecule has 0 aliphatic carbocycles. The molecular weight excluding hydrogens is 266 g/mol.